The van der Waals surface area contributed by atoms with Crippen LogP contribution in [-0.2, 0) is 5.54 Å². The molecular formula is C20H18N2S2. The lowest BCUT2D eigenvalue weighted by Crippen LogP contribution is -2.45. The van der Waals surface area contributed by atoms with Gasteiger partial charge in [0.1, 0.15) is 0 Å². The van der Waals surface area contributed by atoms with Crippen LogP contribution >= 0.6 is 23.1 Å². The first-order valence-corrected chi connectivity index (χ1v) is 9.78. The number of rotatable bonds is 1. The van der Waals surface area contributed by atoms with E-state index in [0.717, 1.165) is 17.7 Å². The molecular weight excluding hydrogens is 332 g/mol. The molecule has 3 aromatic rings. The highest BCUT2D eigenvalue weighted by Gasteiger charge is 2.31. The van der Waals surface area contributed by atoms with E-state index in [1.54, 1.807) is 11.8 Å². The lowest BCUT2D eigenvalue weighted by molar-refractivity contribution is 0.421. The average molecular weight is 351 g/mol. The summed E-state index contributed by atoms with van der Waals surface area (Å²) < 4.78 is 2.60. The molecule has 0 saturated carbocycles. The summed E-state index contributed by atoms with van der Waals surface area (Å²) in [6.07, 6.45) is 1.03. The quantitative estimate of drug-likeness (QED) is 0.584. The molecule has 2 N–H and O–H groups in total. The largest absolute Gasteiger partial charge is 0.356 e. The summed E-state index contributed by atoms with van der Waals surface area (Å²) in [7, 11) is 0. The Balaban J connectivity index is 1.89. The molecule has 4 heteroatoms. The Bertz CT molecular complexity index is 1020. The molecule has 0 radical (unpaired) electrons. The van der Waals surface area contributed by atoms with Crippen LogP contribution in [0.2, 0.25) is 0 Å². The molecule has 0 bridgehead atoms. The van der Waals surface area contributed by atoms with E-state index in [-0.39, 0.29) is 5.54 Å². The third-order valence-corrected chi connectivity index (χ3v) is 6.56. The maximum absolute atomic E-state index is 7.97. The van der Waals surface area contributed by atoms with Gasteiger partial charge < -0.3 is 5.32 Å². The van der Waals surface area contributed by atoms with E-state index in [1.165, 1.54) is 25.7 Å². The fourth-order valence-electron chi connectivity index (χ4n) is 3.27. The Hall–Kier alpha value is -1.96. The van der Waals surface area contributed by atoms with Crippen molar-refractivity contribution in [2.24, 2.45) is 0 Å². The standard InChI is InChI=1S/C20H18N2S2/c1-3-4-13-5-7-17-15(11-13)16-12-14(6-8-18(16)24-17)20(2)9-10-23-19(21)22-20/h5-8,11-12H,9-10H2,1-2H3,(H2,21,22)/t20-/m0/s1. The first-order chi connectivity index (χ1) is 11.6. The van der Waals surface area contributed by atoms with Crippen LogP contribution in [0.1, 0.15) is 31.4 Å². The van der Waals surface area contributed by atoms with Gasteiger partial charge in [-0.2, -0.15) is 0 Å². The molecule has 1 saturated heterocycles. The van der Waals surface area contributed by atoms with Crippen molar-refractivity contribution >= 4 is 48.4 Å². The van der Waals surface area contributed by atoms with Crippen LogP contribution < -0.4 is 5.32 Å². The third kappa shape index (κ3) is 2.58. The van der Waals surface area contributed by atoms with Crippen LogP contribution in [0.3, 0.4) is 0 Å². The van der Waals surface area contributed by atoms with Gasteiger partial charge in [-0.25, -0.2) is 0 Å². The van der Waals surface area contributed by atoms with E-state index in [1.807, 2.05) is 18.3 Å². The molecule has 2 heterocycles. The second kappa shape index (κ2) is 5.84. The number of hydrogen-bond donors (Lipinski definition) is 2. The van der Waals surface area contributed by atoms with Crippen LogP contribution in [0.4, 0.5) is 0 Å². The first-order valence-electron chi connectivity index (χ1n) is 7.98. The first kappa shape index (κ1) is 15.6. The molecule has 0 unspecified atom stereocenters. The summed E-state index contributed by atoms with van der Waals surface area (Å²) in [4.78, 5) is 0. The van der Waals surface area contributed by atoms with Crippen molar-refractivity contribution in [3.05, 3.63) is 47.5 Å². The Morgan fingerprint density at radius 3 is 2.62 bits per heavy atom. The average Bonchev–Trinajstić information content (AvgIpc) is 2.92. The monoisotopic (exact) mass is 350 g/mol. The van der Waals surface area contributed by atoms with Crippen LogP contribution in [-0.4, -0.2) is 10.9 Å². The van der Waals surface area contributed by atoms with Gasteiger partial charge in [-0.05, 0) is 56.2 Å². The van der Waals surface area contributed by atoms with Gasteiger partial charge in [-0.15, -0.1) is 17.3 Å². The highest BCUT2D eigenvalue weighted by Crippen LogP contribution is 2.38. The van der Waals surface area contributed by atoms with Gasteiger partial charge >= 0.3 is 0 Å². The second-order valence-corrected chi connectivity index (χ2v) is 8.47. The van der Waals surface area contributed by atoms with Crippen LogP contribution in [0, 0.1) is 17.3 Å². The van der Waals surface area contributed by atoms with Crippen LogP contribution in [0.25, 0.3) is 20.2 Å². The van der Waals surface area contributed by atoms with E-state index in [4.69, 9.17) is 5.41 Å². The van der Waals surface area contributed by atoms with Crippen LogP contribution in [0.15, 0.2) is 36.4 Å². The zero-order valence-electron chi connectivity index (χ0n) is 13.7. The molecule has 1 atom stereocenters. The van der Waals surface area contributed by atoms with Crippen molar-refractivity contribution in [3.8, 4) is 11.8 Å². The van der Waals surface area contributed by atoms with Gasteiger partial charge in [0.15, 0.2) is 5.17 Å². The molecule has 0 spiro atoms. The maximum Gasteiger partial charge on any atom is 0.154 e. The molecule has 2 aromatic carbocycles. The van der Waals surface area contributed by atoms with E-state index >= 15 is 0 Å². The van der Waals surface area contributed by atoms with Gasteiger partial charge in [0.2, 0.25) is 0 Å². The molecule has 0 aliphatic carbocycles. The summed E-state index contributed by atoms with van der Waals surface area (Å²) in [6.45, 7) is 4.07. The molecule has 1 aliphatic rings. The highest BCUT2D eigenvalue weighted by atomic mass is 32.2. The van der Waals surface area contributed by atoms with Crippen molar-refractivity contribution in [2.75, 3.05) is 5.75 Å². The van der Waals surface area contributed by atoms with Gasteiger partial charge in [0.05, 0.1) is 5.54 Å². The lowest BCUT2D eigenvalue weighted by atomic mass is 9.88. The molecule has 1 aromatic heterocycles. The van der Waals surface area contributed by atoms with Gasteiger partial charge in [0, 0.05) is 31.5 Å². The zero-order chi connectivity index (χ0) is 16.7. The number of nitrogens with one attached hydrogen (secondary N) is 2. The Kier molecular flexibility index (Phi) is 3.79. The summed E-state index contributed by atoms with van der Waals surface area (Å²) in [5.41, 5.74) is 2.16. The number of fused-ring (bicyclic) bond motifs is 3. The van der Waals surface area contributed by atoms with E-state index in [0.29, 0.717) is 5.17 Å². The molecule has 120 valence electrons. The van der Waals surface area contributed by atoms with Crippen LogP contribution in [0.5, 0.6) is 0 Å². The van der Waals surface area contributed by atoms with Crippen molar-refractivity contribution in [3.63, 3.8) is 0 Å². The summed E-state index contributed by atoms with van der Waals surface area (Å²) >= 11 is 3.42. The number of thiophene rings is 1. The van der Waals surface area contributed by atoms with Gasteiger partial charge in [-0.3, -0.25) is 5.41 Å². The fraction of sp³-hybridized carbons (Fsp3) is 0.250. The molecule has 0 amide bonds. The van der Waals surface area contributed by atoms with Crippen molar-refractivity contribution < 1.29 is 0 Å². The third-order valence-electron chi connectivity index (χ3n) is 4.61. The Morgan fingerprint density at radius 2 is 1.88 bits per heavy atom. The molecule has 1 fully saturated rings. The molecule has 1 aliphatic heterocycles. The summed E-state index contributed by atoms with van der Waals surface area (Å²) in [5.74, 6) is 7.12. The number of hydrogen-bond acceptors (Lipinski definition) is 3. The van der Waals surface area contributed by atoms with Crippen molar-refractivity contribution in [2.45, 2.75) is 25.8 Å². The Morgan fingerprint density at radius 1 is 1.12 bits per heavy atom. The minimum atomic E-state index is -0.161. The predicted octanol–water partition coefficient (Wildman–Crippen LogP) is 5.30. The summed E-state index contributed by atoms with van der Waals surface area (Å²) in [5, 5.41) is 14.5. The van der Waals surface area contributed by atoms with E-state index in [9.17, 15) is 0 Å². The van der Waals surface area contributed by atoms with Gasteiger partial charge in [0.25, 0.3) is 0 Å². The van der Waals surface area contributed by atoms with Gasteiger partial charge in [-0.1, -0.05) is 23.7 Å². The topological polar surface area (TPSA) is 35.9 Å². The smallest absolute Gasteiger partial charge is 0.154 e. The number of thioether (sulfide) groups is 1. The lowest BCUT2D eigenvalue weighted by Gasteiger charge is -2.36. The van der Waals surface area contributed by atoms with E-state index in [2.05, 4.69) is 60.5 Å². The second-order valence-electron chi connectivity index (χ2n) is 6.28. The van der Waals surface area contributed by atoms with E-state index < -0.39 is 0 Å². The minimum absolute atomic E-state index is 0.161. The highest BCUT2D eigenvalue weighted by molar-refractivity contribution is 8.13. The zero-order valence-corrected chi connectivity index (χ0v) is 15.3. The normalized spacial score (nSPS) is 20.7. The maximum atomic E-state index is 7.97. The SMILES string of the molecule is CC#Cc1ccc2sc3ccc([C@]4(C)CCSC(=N)N4)cc3c2c1. The molecule has 4 rings (SSSR count). The number of benzene rings is 2. The Labute approximate surface area is 150 Å². The number of amidine groups is 1. The minimum Gasteiger partial charge on any atom is -0.356 e. The fourth-order valence-corrected chi connectivity index (χ4v) is 5.34. The van der Waals surface area contributed by atoms with Crippen molar-refractivity contribution in [1.29, 1.82) is 5.41 Å². The van der Waals surface area contributed by atoms with Crippen molar-refractivity contribution in [1.82, 2.24) is 5.32 Å². The summed E-state index contributed by atoms with van der Waals surface area (Å²) in [6, 6.07) is 13.2. The molecule has 24 heavy (non-hydrogen) atoms. The molecule has 2 nitrogen and oxygen atoms in total. The predicted molar refractivity (Wildman–Crippen MR) is 107 cm³/mol.